The van der Waals surface area contributed by atoms with Gasteiger partial charge >= 0.3 is 0 Å². The van der Waals surface area contributed by atoms with Gasteiger partial charge in [-0.1, -0.05) is 34.8 Å². The molecular weight excluding hydrogens is 579 g/mol. The maximum Gasteiger partial charge on any atom is 0.141 e. The summed E-state index contributed by atoms with van der Waals surface area (Å²) in [6.07, 6.45) is 21.2. The van der Waals surface area contributed by atoms with Crippen molar-refractivity contribution in [3.05, 3.63) is 0 Å². The molecule has 7 heteroatoms. The minimum atomic E-state index is 0.146. The molecule has 0 aromatic rings. The Morgan fingerprint density at radius 2 is 1.05 bits per heavy atom. The Balaban J connectivity index is 0.000000101. The molecule has 0 amide bonds. The van der Waals surface area contributed by atoms with Crippen molar-refractivity contribution in [2.75, 3.05) is 24.8 Å². The summed E-state index contributed by atoms with van der Waals surface area (Å²) in [5.41, 5.74) is 0.545. The monoisotopic (exact) mass is 628 g/mol. The minimum Gasteiger partial charge on any atom is -0.365 e. The number of rotatable bonds is 7. The molecule has 0 spiro atoms. The van der Waals surface area contributed by atoms with Crippen LogP contribution < -0.4 is 0 Å². The molecule has 4 nitrogen and oxygen atoms in total. The zero-order valence-electron chi connectivity index (χ0n) is 24.7. The summed E-state index contributed by atoms with van der Waals surface area (Å²) in [5.74, 6) is 9.32. The van der Waals surface area contributed by atoms with Gasteiger partial charge in [-0.25, -0.2) is 0 Å². The lowest BCUT2D eigenvalue weighted by Gasteiger charge is -2.56. The molecule has 0 N–H and O–H groups in total. The van der Waals surface area contributed by atoms with Crippen LogP contribution >= 0.6 is 34.8 Å². The second-order valence-corrected chi connectivity index (χ2v) is 16.7. The number of carbonyl (C=O) groups excluding carboxylic acids is 1. The molecule has 0 aromatic carbocycles. The minimum absolute atomic E-state index is 0.146. The number of ketones is 1. The quantitative estimate of drug-likeness (QED) is 0.265. The molecule has 12 aliphatic carbocycles. The summed E-state index contributed by atoms with van der Waals surface area (Å²) in [4.78, 5) is 11.9. The van der Waals surface area contributed by atoms with Gasteiger partial charge in [0, 0.05) is 11.8 Å². The van der Waals surface area contributed by atoms with Crippen LogP contribution in [0.2, 0.25) is 0 Å². The zero-order valence-corrected chi connectivity index (χ0v) is 27.0. The largest absolute Gasteiger partial charge is 0.365 e. The van der Waals surface area contributed by atoms with Gasteiger partial charge in [-0.3, -0.25) is 4.79 Å². The molecule has 12 bridgehead atoms. The molecule has 0 heterocycles. The fourth-order valence-corrected chi connectivity index (χ4v) is 13.2. The van der Waals surface area contributed by atoms with Crippen molar-refractivity contribution in [2.45, 2.75) is 109 Å². The normalized spacial score (nSPS) is 50.9. The van der Waals surface area contributed by atoms with E-state index in [1.54, 1.807) is 0 Å². The number of halogens is 3. The van der Waals surface area contributed by atoms with Crippen molar-refractivity contribution in [3.8, 4) is 0 Å². The first-order valence-electron chi connectivity index (χ1n) is 17.0. The van der Waals surface area contributed by atoms with E-state index in [-0.39, 0.29) is 18.1 Å². The number of ether oxygens (including phenoxy) is 3. The molecular formula is C34H51Cl3O4. The first kappa shape index (κ1) is 30.1. The van der Waals surface area contributed by atoms with E-state index in [1.807, 2.05) is 0 Å². The van der Waals surface area contributed by atoms with Crippen LogP contribution in [0.5, 0.6) is 0 Å². The van der Waals surface area contributed by atoms with Crippen LogP contribution in [0.3, 0.4) is 0 Å². The summed E-state index contributed by atoms with van der Waals surface area (Å²) < 4.78 is 16.7. The molecule has 0 saturated heterocycles. The number of Topliss-reactive ketones (excluding diaryl/α,β-unsaturated/α-hetero) is 1. The maximum absolute atomic E-state index is 11.9. The van der Waals surface area contributed by atoms with E-state index < -0.39 is 0 Å². The van der Waals surface area contributed by atoms with Gasteiger partial charge in [0.15, 0.2) is 0 Å². The summed E-state index contributed by atoms with van der Waals surface area (Å²) >= 11 is 16.9. The lowest BCUT2D eigenvalue weighted by molar-refractivity contribution is -0.159. The molecule has 5 unspecified atom stereocenters. The first-order chi connectivity index (χ1) is 20.0. The smallest absolute Gasteiger partial charge is 0.141 e. The fourth-order valence-electron chi connectivity index (χ4n) is 12.8. The standard InChI is InChI=1S/C12H19ClO.C11H15ClO2.C11H17ClO/c13-8-14-7-12-4-9-1-10(5-12)3-11(2-9)6-12;12-5-14-11-8-2-6-1-7(4-8)10(13)9(11)3-6;12-6-13-11-9-2-7-1-8(4-9)5-10(11)3-7/h9-11H,1-8H2;6-9,11H,1-5H2;7-11H,1-6H2. The topological polar surface area (TPSA) is 44.8 Å². The third-order valence-electron chi connectivity index (χ3n) is 13.4. The Labute approximate surface area is 262 Å². The van der Waals surface area contributed by atoms with Crippen LogP contribution in [0.25, 0.3) is 0 Å². The summed E-state index contributed by atoms with van der Waals surface area (Å²) in [7, 11) is 0. The number of hydrogen-bond donors (Lipinski definition) is 0. The highest BCUT2D eigenvalue weighted by Gasteiger charge is 2.54. The van der Waals surface area contributed by atoms with Crippen LogP contribution in [0.4, 0.5) is 0 Å². The fraction of sp³-hybridized carbons (Fsp3) is 0.971. The molecule has 0 radical (unpaired) electrons. The van der Waals surface area contributed by atoms with E-state index in [0.29, 0.717) is 41.3 Å². The predicted octanol–water partition coefficient (Wildman–Crippen LogP) is 8.64. The molecule has 0 aliphatic heterocycles. The molecule has 12 saturated carbocycles. The highest BCUT2D eigenvalue weighted by atomic mass is 35.5. The number of hydrogen-bond acceptors (Lipinski definition) is 4. The molecule has 0 aromatic heterocycles. The van der Waals surface area contributed by atoms with Gasteiger partial charge in [0.1, 0.15) is 24.0 Å². The van der Waals surface area contributed by atoms with Crippen molar-refractivity contribution in [1.29, 1.82) is 0 Å². The Morgan fingerprint density at radius 1 is 0.561 bits per heavy atom. The lowest BCUT2D eigenvalue weighted by atomic mass is 9.50. The first-order valence-corrected chi connectivity index (χ1v) is 18.6. The van der Waals surface area contributed by atoms with Crippen LogP contribution in [0, 0.1) is 70.5 Å². The van der Waals surface area contributed by atoms with Crippen molar-refractivity contribution in [3.63, 3.8) is 0 Å². The Hall–Kier alpha value is 0.420. The van der Waals surface area contributed by atoms with Crippen LogP contribution in [-0.2, 0) is 19.0 Å². The number of carbonyl (C=O) groups is 1. The van der Waals surface area contributed by atoms with Gasteiger partial charge < -0.3 is 14.2 Å². The Morgan fingerprint density at radius 3 is 1.59 bits per heavy atom. The lowest BCUT2D eigenvalue weighted by Crippen LogP contribution is -2.54. The average Bonchev–Trinajstić information content (AvgIpc) is 2.94. The van der Waals surface area contributed by atoms with Crippen molar-refractivity contribution in [1.82, 2.24) is 0 Å². The van der Waals surface area contributed by atoms with Gasteiger partial charge in [0.05, 0.1) is 18.8 Å². The maximum atomic E-state index is 11.9. The zero-order chi connectivity index (χ0) is 28.1. The molecule has 41 heavy (non-hydrogen) atoms. The van der Waals surface area contributed by atoms with E-state index in [2.05, 4.69) is 0 Å². The second kappa shape index (κ2) is 12.7. The summed E-state index contributed by atoms with van der Waals surface area (Å²) in [5, 5.41) is 0. The molecule has 232 valence electrons. The average molecular weight is 630 g/mol. The van der Waals surface area contributed by atoms with E-state index in [0.717, 1.165) is 73.2 Å². The Kier molecular flexibility index (Phi) is 9.30. The molecule has 12 fully saturated rings. The van der Waals surface area contributed by atoms with Gasteiger partial charge in [-0.2, -0.15) is 0 Å². The molecule has 12 rings (SSSR count). The van der Waals surface area contributed by atoms with Gasteiger partial charge in [-0.15, -0.1) is 0 Å². The van der Waals surface area contributed by atoms with Crippen molar-refractivity contribution in [2.24, 2.45) is 70.5 Å². The predicted molar refractivity (Wildman–Crippen MR) is 163 cm³/mol. The Bertz CT molecular complexity index is 864. The number of alkyl halides is 3. The van der Waals surface area contributed by atoms with E-state index in [9.17, 15) is 4.79 Å². The highest BCUT2D eigenvalue weighted by Crippen LogP contribution is 2.60. The van der Waals surface area contributed by atoms with Crippen molar-refractivity contribution >= 4 is 40.6 Å². The molecule has 5 atom stereocenters. The SMILES string of the molecule is ClCOC1C2CC3CC(C2)CC1C3.ClCOCC12CC3CC(CC(C3)C1)C2.O=C1C2CC3CC(C2)C(OCCl)C1C3. The summed E-state index contributed by atoms with van der Waals surface area (Å²) in [6, 6.07) is 1.01. The van der Waals surface area contributed by atoms with E-state index >= 15 is 0 Å². The highest BCUT2D eigenvalue weighted by molar-refractivity contribution is 6.17. The third kappa shape index (κ3) is 6.16. The second-order valence-electron chi connectivity index (χ2n) is 16.1. The van der Waals surface area contributed by atoms with Crippen LogP contribution in [0.1, 0.15) is 96.3 Å². The van der Waals surface area contributed by atoms with Crippen molar-refractivity contribution < 1.29 is 19.0 Å². The molecule has 12 aliphatic rings. The summed E-state index contributed by atoms with van der Waals surface area (Å²) in [6.45, 7) is 0.931. The van der Waals surface area contributed by atoms with E-state index in [1.165, 1.54) is 77.0 Å². The van der Waals surface area contributed by atoms with Gasteiger partial charge in [0.2, 0.25) is 0 Å². The van der Waals surface area contributed by atoms with Crippen LogP contribution in [0.15, 0.2) is 0 Å². The van der Waals surface area contributed by atoms with Crippen LogP contribution in [-0.4, -0.2) is 42.8 Å². The third-order valence-corrected chi connectivity index (χ3v) is 13.8. The van der Waals surface area contributed by atoms with Gasteiger partial charge in [-0.05, 0) is 155 Å². The van der Waals surface area contributed by atoms with Gasteiger partial charge in [0.25, 0.3) is 0 Å². The van der Waals surface area contributed by atoms with E-state index in [4.69, 9.17) is 49.0 Å².